The van der Waals surface area contributed by atoms with Crippen molar-refractivity contribution in [3.63, 3.8) is 0 Å². The molecule has 0 radical (unpaired) electrons. The average Bonchev–Trinajstić information content (AvgIpc) is 3.06. The molecular weight excluding hydrogens is 649 g/mol. The lowest BCUT2D eigenvalue weighted by Crippen LogP contribution is -2.37. The van der Waals surface area contributed by atoms with Crippen LogP contribution < -0.4 is 0 Å². The van der Waals surface area contributed by atoms with Crippen LogP contribution in [0.5, 0.6) is 0 Å². The third kappa shape index (κ3) is 38.0. The van der Waals surface area contributed by atoms with E-state index in [2.05, 4.69) is 50.3 Å². The fraction of sp³-hybridized carbons (Fsp3) is 0.829. The van der Waals surface area contributed by atoms with Crippen LogP contribution in [0.3, 0.4) is 0 Å². The van der Waals surface area contributed by atoms with Gasteiger partial charge in [0.2, 0.25) is 0 Å². The SMILES string of the molecule is CC/C=C\C/C=C\C/C=C\CCCCCCCCOCC(COP(=O)(O)OCC[N+](C)(C)C)OC(=O)CCCCCCCCCCCCCC. The van der Waals surface area contributed by atoms with Gasteiger partial charge in [-0.15, -0.1) is 0 Å². The van der Waals surface area contributed by atoms with Crippen LogP contribution >= 0.6 is 7.82 Å². The minimum absolute atomic E-state index is 0.0862. The van der Waals surface area contributed by atoms with E-state index in [-0.39, 0.29) is 25.8 Å². The molecule has 0 heterocycles. The number of phosphoric ester groups is 1. The van der Waals surface area contributed by atoms with Gasteiger partial charge in [0.15, 0.2) is 0 Å². The Morgan fingerprint density at radius 2 is 1.16 bits per heavy atom. The highest BCUT2D eigenvalue weighted by Crippen LogP contribution is 2.43. The summed E-state index contributed by atoms with van der Waals surface area (Å²) in [6, 6.07) is 0. The van der Waals surface area contributed by atoms with Crippen molar-refractivity contribution in [2.75, 3.05) is 54.1 Å². The second-order valence-corrected chi connectivity index (χ2v) is 16.1. The topological polar surface area (TPSA) is 91.3 Å². The zero-order chi connectivity index (χ0) is 37.0. The van der Waals surface area contributed by atoms with E-state index in [1.807, 2.05) is 21.1 Å². The molecule has 294 valence electrons. The minimum Gasteiger partial charge on any atom is -0.457 e. The number of unbranched alkanes of at least 4 members (excludes halogenated alkanes) is 17. The first-order valence-electron chi connectivity index (χ1n) is 20.2. The summed E-state index contributed by atoms with van der Waals surface area (Å²) >= 11 is 0. The molecule has 50 heavy (non-hydrogen) atoms. The van der Waals surface area contributed by atoms with E-state index in [0.717, 1.165) is 57.8 Å². The smallest absolute Gasteiger partial charge is 0.457 e. The van der Waals surface area contributed by atoms with Gasteiger partial charge in [-0.3, -0.25) is 13.8 Å². The van der Waals surface area contributed by atoms with Crippen LogP contribution in [0.1, 0.15) is 162 Å². The lowest BCUT2D eigenvalue weighted by molar-refractivity contribution is -0.870. The van der Waals surface area contributed by atoms with E-state index in [1.165, 1.54) is 83.5 Å². The summed E-state index contributed by atoms with van der Waals surface area (Å²) in [7, 11) is 1.66. The van der Waals surface area contributed by atoms with E-state index >= 15 is 0 Å². The van der Waals surface area contributed by atoms with Gasteiger partial charge in [0.25, 0.3) is 0 Å². The molecule has 1 N–H and O–H groups in total. The Morgan fingerprint density at radius 3 is 1.74 bits per heavy atom. The molecular formula is C41H79NO7P+. The summed E-state index contributed by atoms with van der Waals surface area (Å²) in [5.74, 6) is -0.320. The van der Waals surface area contributed by atoms with Crippen LogP contribution in [0, 0.1) is 0 Å². The van der Waals surface area contributed by atoms with Gasteiger partial charge in [-0.05, 0) is 44.9 Å². The van der Waals surface area contributed by atoms with Gasteiger partial charge >= 0.3 is 13.8 Å². The van der Waals surface area contributed by atoms with Gasteiger partial charge in [0.05, 0.1) is 34.4 Å². The first kappa shape index (κ1) is 48.7. The molecule has 0 spiro atoms. The monoisotopic (exact) mass is 729 g/mol. The molecule has 0 aliphatic carbocycles. The Hall–Kier alpha value is -1.28. The van der Waals surface area contributed by atoms with E-state index in [9.17, 15) is 14.3 Å². The van der Waals surface area contributed by atoms with Crippen molar-refractivity contribution >= 4 is 13.8 Å². The van der Waals surface area contributed by atoms with Crippen LogP contribution in [0.25, 0.3) is 0 Å². The number of quaternary nitrogens is 1. The summed E-state index contributed by atoms with van der Waals surface area (Å²) in [4.78, 5) is 22.8. The van der Waals surface area contributed by atoms with E-state index in [0.29, 0.717) is 24.1 Å². The first-order chi connectivity index (χ1) is 24.1. The molecule has 8 nitrogen and oxygen atoms in total. The summed E-state index contributed by atoms with van der Waals surface area (Å²) < 4.78 is 34.9. The van der Waals surface area contributed by atoms with E-state index in [4.69, 9.17) is 18.5 Å². The maximum atomic E-state index is 12.6. The van der Waals surface area contributed by atoms with Gasteiger partial charge in [-0.25, -0.2) is 4.57 Å². The molecule has 2 atom stereocenters. The number of rotatable bonds is 37. The molecule has 0 aromatic rings. The van der Waals surface area contributed by atoms with Crippen molar-refractivity contribution in [2.45, 2.75) is 168 Å². The first-order valence-corrected chi connectivity index (χ1v) is 21.7. The molecule has 9 heteroatoms. The van der Waals surface area contributed by atoms with Crippen LogP contribution in [-0.4, -0.2) is 75.6 Å². The Bertz CT molecular complexity index is 900. The molecule has 0 amide bonds. The molecule has 0 aromatic carbocycles. The van der Waals surface area contributed by atoms with Crippen molar-refractivity contribution in [2.24, 2.45) is 0 Å². The van der Waals surface area contributed by atoms with Gasteiger partial charge in [0.1, 0.15) is 19.3 Å². The van der Waals surface area contributed by atoms with Gasteiger partial charge in [-0.1, -0.05) is 147 Å². The molecule has 0 fully saturated rings. The zero-order valence-corrected chi connectivity index (χ0v) is 34.0. The number of nitrogens with zero attached hydrogens (tertiary/aromatic N) is 1. The lowest BCUT2D eigenvalue weighted by atomic mass is 10.0. The maximum Gasteiger partial charge on any atom is 0.472 e. The Morgan fingerprint density at radius 1 is 0.640 bits per heavy atom. The number of likely N-dealkylation sites (N-methyl/N-ethyl adjacent to an activating group) is 1. The number of ether oxygens (including phenoxy) is 2. The van der Waals surface area contributed by atoms with Gasteiger partial charge in [-0.2, -0.15) is 0 Å². The van der Waals surface area contributed by atoms with Crippen molar-refractivity contribution < 1.29 is 37.3 Å². The van der Waals surface area contributed by atoms with Crippen LogP contribution in [0.15, 0.2) is 36.5 Å². The lowest BCUT2D eigenvalue weighted by Gasteiger charge is -2.24. The highest BCUT2D eigenvalue weighted by atomic mass is 31.2. The van der Waals surface area contributed by atoms with Crippen LogP contribution in [0.2, 0.25) is 0 Å². The number of hydrogen-bond donors (Lipinski definition) is 1. The Kier molecular flexibility index (Phi) is 33.9. The Labute approximate surface area is 308 Å². The number of carbonyl (C=O) groups is 1. The fourth-order valence-electron chi connectivity index (χ4n) is 5.33. The summed E-state index contributed by atoms with van der Waals surface area (Å²) in [6.45, 7) is 5.48. The van der Waals surface area contributed by atoms with Crippen LogP contribution in [0.4, 0.5) is 0 Å². The van der Waals surface area contributed by atoms with E-state index in [1.54, 1.807) is 0 Å². The predicted molar refractivity (Wildman–Crippen MR) is 210 cm³/mol. The fourth-order valence-corrected chi connectivity index (χ4v) is 6.07. The molecule has 0 bridgehead atoms. The van der Waals surface area contributed by atoms with Crippen molar-refractivity contribution in [1.82, 2.24) is 0 Å². The second kappa shape index (κ2) is 34.8. The van der Waals surface area contributed by atoms with Crippen molar-refractivity contribution in [3.05, 3.63) is 36.5 Å². The van der Waals surface area contributed by atoms with Crippen molar-refractivity contribution in [3.8, 4) is 0 Å². The summed E-state index contributed by atoms with van der Waals surface area (Å²) in [6.07, 6.45) is 38.8. The number of phosphoric acid groups is 1. The molecule has 0 aliphatic heterocycles. The molecule has 0 aromatic heterocycles. The standard InChI is InChI=1S/C41H78NO7P/c1-6-8-10-12-14-16-18-20-21-22-23-25-27-29-31-33-36-46-38-40(39-48-50(44,45)47-37-35-42(3,4)5)49-41(43)34-32-30-28-26-24-19-17-15-13-11-9-7-2/h8,10,14,16,20-21,40H,6-7,9,11-13,15,17-19,22-39H2,1-5H3/p+1/b10-8-,16-14-,21-20-. The predicted octanol–water partition coefficient (Wildman–Crippen LogP) is 11.4. The second-order valence-electron chi connectivity index (χ2n) is 14.6. The van der Waals surface area contributed by atoms with Crippen molar-refractivity contribution in [1.29, 1.82) is 0 Å². The molecule has 2 unspecified atom stereocenters. The summed E-state index contributed by atoms with van der Waals surface area (Å²) in [5, 5.41) is 0. The normalized spacial score (nSPS) is 14.3. The largest absolute Gasteiger partial charge is 0.472 e. The highest BCUT2D eigenvalue weighted by Gasteiger charge is 2.26. The quantitative estimate of drug-likeness (QED) is 0.0224. The molecule has 0 aliphatic rings. The Balaban J connectivity index is 4.28. The molecule has 0 saturated heterocycles. The molecule has 0 rings (SSSR count). The van der Waals surface area contributed by atoms with E-state index < -0.39 is 13.9 Å². The molecule has 0 saturated carbocycles. The third-order valence-corrected chi connectivity index (χ3v) is 9.45. The average molecular weight is 729 g/mol. The number of allylic oxidation sites excluding steroid dienone is 6. The zero-order valence-electron chi connectivity index (χ0n) is 33.1. The van der Waals surface area contributed by atoms with Crippen LogP contribution in [-0.2, 0) is 27.9 Å². The highest BCUT2D eigenvalue weighted by molar-refractivity contribution is 7.47. The van der Waals surface area contributed by atoms with Gasteiger partial charge in [0, 0.05) is 13.0 Å². The number of hydrogen-bond acceptors (Lipinski definition) is 6. The maximum absolute atomic E-state index is 12.6. The minimum atomic E-state index is -4.27. The number of esters is 1. The summed E-state index contributed by atoms with van der Waals surface area (Å²) in [5.41, 5.74) is 0. The third-order valence-electron chi connectivity index (χ3n) is 8.47. The van der Waals surface area contributed by atoms with Gasteiger partial charge < -0.3 is 18.9 Å². The number of carbonyl (C=O) groups excluding carboxylic acids is 1.